The smallest absolute Gasteiger partial charge is 0.227 e. The Kier molecular flexibility index (Phi) is 5.41. The van der Waals surface area contributed by atoms with E-state index in [0.717, 1.165) is 55.7 Å². The van der Waals surface area contributed by atoms with Gasteiger partial charge in [0.1, 0.15) is 16.7 Å². The number of aromatic nitrogens is 1. The topological polar surface area (TPSA) is 42.4 Å². The first-order valence-corrected chi connectivity index (χ1v) is 16.1. The summed E-state index contributed by atoms with van der Waals surface area (Å²) < 4.78 is 15.0. The van der Waals surface area contributed by atoms with Crippen molar-refractivity contribution in [1.29, 1.82) is 0 Å². The molecule has 0 fully saturated rings. The van der Waals surface area contributed by atoms with E-state index in [1.54, 1.807) is 11.3 Å². The summed E-state index contributed by atoms with van der Waals surface area (Å²) in [5, 5.41) is 7.01. The predicted octanol–water partition coefficient (Wildman–Crippen LogP) is 12.4. The number of furan rings is 1. The molecular weight excluding hydrogens is 585 g/mol. The fourth-order valence-electron chi connectivity index (χ4n) is 6.74. The summed E-state index contributed by atoms with van der Waals surface area (Å²) in [5.41, 5.74) is 7.63. The van der Waals surface area contributed by atoms with Gasteiger partial charge >= 0.3 is 0 Å². The van der Waals surface area contributed by atoms with Gasteiger partial charge in [0.25, 0.3) is 0 Å². The molecule has 10 aromatic rings. The van der Waals surface area contributed by atoms with E-state index in [-0.39, 0.29) is 0 Å². The monoisotopic (exact) mass is 608 g/mol. The number of rotatable bonds is 4. The van der Waals surface area contributed by atoms with E-state index in [0.29, 0.717) is 5.89 Å². The van der Waals surface area contributed by atoms with Gasteiger partial charge in [-0.2, -0.15) is 0 Å². The number of hydrogen-bond donors (Lipinski definition) is 0. The second kappa shape index (κ2) is 9.80. The number of thiophene rings is 1. The molecule has 0 aliphatic carbocycles. The minimum Gasteiger partial charge on any atom is -0.456 e. The Labute approximate surface area is 267 Å². The van der Waals surface area contributed by atoms with Crippen LogP contribution in [0.3, 0.4) is 0 Å². The number of oxazole rings is 1. The molecule has 0 atom stereocenters. The van der Waals surface area contributed by atoms with Crippen molar-refractivity contribution in [1.82, 2.24) is 4.98 Å². The Morgan fingerprint density at radius 2 is 1.20 bits per heavy atom. The lowest BCUT2D eigenvalue weighted by Crippen LogP contribution is -2.09. The summed E-state index contributed by atoms with van der Waals surface area (Å²) in [4.78, 5) is 7.15. The molecule has 3 aromatic heterocycles. The van der Waals surface area contributed by atoms with Gasteiger partial charge in [-0.1, -0.05) is 72.8 Å². The molecule has 46 heavy (non-hydrogen) atoms. The average molecular weight is 609 g/mol. The van der Waals surface area contributed by atoms with Crippen molar-refractivity contribution >= 4 is 92.4 Å². The third kappa shape index (κ3) is 3.89. The van der Waals surface area contributed by atoms with E-state index in [4.69, 9.17) is 13.8 Å². The van der Waals surface area contributed by atoms with E-state index in [1.165, 1.54) is 30.9 Å². The molecular formula is C41H24N2O2S. The molecule has 7 aromatic carbocycles. The maximum Gasteiger partial charge on any atom is 0.227 e. The van der Waals surface area contributed by atoms with Gasteiger partial charge in [0, 0.05) is 59.6 Å². The summed E-state index contributed by atoms with van der Waals surface area (Å²) in [7, 11) is 0. The molecule has 0 aliphatic heterocycles. The molecule has 10 rings (SSSR count). The number of fused-ring (bicyclic) bond motifs is 8. The fraction of sp³-hybridized carbons (Fsp3) is 0. The van der Waals surface area contributed by atoms with Crippen LogP contribution >= 0.6 is 11.3 Å². The predicted molar refractivity (Wildman–Crippen MR) is 192 cm³/mol. The van der Waals surface area contributed by atoms with Gasteiger partial charge in [0.2, 0.25) is 5.89 Å². The van der Waals surface area contributed by atoms with E-state index in [2.05, 4.69) is 114 Å². The van der Waals surface area contributed by atoms with Crippen molar-refractivity contribution in [2.75, 3.05) is 4.90 Å². The van der Waals surface area contributed by atoms with Gasteiger partial charge in [-0.15, -0.1) is 11.3 Å². The highest BCUT2D eigenvalue weighted by molar-refractivity contribution is 7.26. The Bertz CT molecular complexity index is 2750. The lowest BCUT2D eigenvalue weighted by atomic mass is 10.0. The number of nitrogens with zero attached hydrogens (tertiary/aromatic N) is 2. The molecule has 0 radical (unpaired) electrons. The zero-order valence-electron chi connectivity index (χ0n) is 24.5. The van der Waals surface area contributed by atoms with Gasteiger partial charge in [-0.25, -0.2) is 4.98 Å². The first-order valence-electron chi connectivity index (χ1n) is 15.3. The number of para-hydroxylation sites is 3. The average Bonchev–Trinajstić information content (AvgIpc) is 3.81. The summed E-state index contributed by atoms with van der Waals surface area (Å²) in [6.45, 7) is 0. The highest BCUT2D eigenvalue weighted by Gasteiger charge is 2.19. The van der Waals surface area contributed by atoms with Crippen molar-refractivity contribution in [2.24, 2.45) is 0 Å². The fourth-order valence-corrected chi connectivity index (χ4v) is 7.90. The molecule has 0 saturated heterocycles. The van der Waals surface area contributed by atoms with E-state index in [9.17, 15) is 0 Å². The van der Waals surface area contributed by atoms with Crippen LogP contribution in [0.1, 0.15) is 0 Å². The molecule has 4 nitrogen and oxygen atoms in total. The summed E-state index contributed by atoms with van der Waals surface area (Å²) in [6, 6.07) is 51.0. The lowest BCUT2D eigenvalue weighted by Gasteiger charge is -2.26. The van der Waals surface area contributed by atoms with E-state index in [1.807, 2.05) is 36.4 Å². The molecule has 0 N–H and O–H groups in total. The molecule has 3 heterocycles. The molecule has 0 spiro atoms. The minimum atomic E-state index is 0.646. The first-order chi connectivity index (χ1) is 22.8. The largest absolute Gasteiger partial charge is 0.456 e. The Balaban J connectivity index is 1.17. The van der Waals surface area contributed by atoms with Gasteiger partial charge in [-0.3, -0.25) is 0 Å². The number of benzene rings is 7. The van der Waals surface area contributed by atoms with Gasteiger partial charge in [-0.05, 0) is 77.5 Å². The van der Waals surface area contributed by atoms with Crippen molar-refractivity contribution in [3.05, 3.63) is 146 Å². The van der Waals surface area contributed by atoms with Crippen molar-refractivity contribution in [3.63, 3.8) is 0 Å². The normalized spacial score (nSPS) is 11.9. The van der Waals surface area contributed by atoms with Crippen molar-refractivity contribution in [2.45, 2.75) is 0 Å². The van der Waals surface area contributed by atoms with Gasteiger partial charge in [0.05, 0.1) is 0 Å². The quantitative estimate of drug-likeness (QED) is 0.199. The highest BCUT2D eigenvalue weighted by Crippen LogP contribution is 2.45. The van der Waals surface area contributed by atoms with Crippen LogP contribution in [0.2, 0.25) is 0 Å². The summed E-state index contributed by atoms with van der Waals surface area (Å²) in [6.07, 6.45) is 0. The Morgan fingerprint density at radius 1 is 0.478 bits per heavy atom. The Hall–Kier alpha value is -5.91. The van der Waals surface area contributed by atoms with E-state index < -0.39 is 0 Å². The maximum absolute atomic E-state index is 6.33. The molecule has 216 valence electrons. The van der Waals surface area contributed by atoms with Crippen LogP contribution in [0.4, 0.5) is 17.1 Å². The number of hydrogen-bond acceptors (Lipinski definition) is 5. The molecule has 0 unspecified atom stereocenters. The van der Waals surface area contributed by atoms with Crippen LogP contribution in [-0.2, 0) is 0 Å². The van der Waals surface area contributed by atoms with Crippen LogP contribution in [0.15, 0.2) is 154 Å². The number of anilines is 3. The second-order valence-electron chi connectivity index (χ2n) is 11.6. The summed E-state index contributed by atoms with van der Waals surface area (Å²) >= 11 is 1.79. The maximum atomic E-state index is 6.33. The minimum absolute atomic E-state index is 0.646. The molecule has 0 bridgehead atoms. The zero-order chi connectivity index (χ0) is 30.2. The lowest BCUT2D eigenvalue weighted by molar-refractivity contribution is 0.620. The summed E-state index contributed by atoms with van der Waals surface area (Å²) in [5.74, 6) is 0.646. The van der Waals surface area contributed by atoms with Crippen molar-refractivity contribution in [3.8, 4) is 11.5 Å². The zero-order valence-corrected chi connectivity index (χ0v) is 25.3. The third-order valence-electron chi connectivity index (χ3n) is 8.87. The molecule has 0 saturated carbocycles. The third-order valence-corrected chi connectivity index (χ3v) is 9.99. The standard InChI is InChI=1S/C41H24N2O2S/c1-2-9-26-22-27(17-16-25(26)8-1)43(28-18-20-31-30-10-3-5-13-35(30)44-37(31)23-28)29-19-21-32-39(24-29)46-38-15-7-11-33(40(32)38)41-42-34-12-4-6-14-36(34)45-41/h1-24H. The van der Waals surface area contributed by atoms with Gasteiger partial charge in [0.15, 0.2) is 5.58 Å². The second-order valence-corrected chi connectivity index (χ2v) is 12.7. The van der Waals surface area contributed by atoms with Gasteiger partial charge < -0.3 is 13.7 Å². The molecule has 0 amide bonds. The van der Waals surface area contributed by atoms with E-state index >= 15 is 0 Å². The van der Waals surface area contributed by atoms with Crippen LogP contribution in [0.5, 0.6) is 0 Å². The van der Waals surface area contributed by atoms with Crippen LogP contribution in [0.25, 0.3) is 75.4 Å². The molecule has 0 aliphatic rings. The SMILES string of the molecule is c1ccc2cc(N(c3ccc4c(c3)oc3ccccc34)c3ccc4c(c3)sc3cccc(-c5nc6ccccc6o5)c34)ccc2c1. The van der Waals surface area contributed by atoms with Crippen LogP contribution in [-0.4, -0.2) is 4.98 Å². The first kappa shape index (κ1) is 25.4. The molecule has 5 heteroatoms. The highest BCUT2D eigenvalue weighted by atomic mass is 32.1. The van der Waals surface area contributed by atoms with Crippen LogP contribution in [0, 0.1) is 0 Å². The van der Waals surface area contributed by atoms with Crippen LogP contribution < -0.4 is 4.90 Å². The van der Waals surface area contributed by atoms with Crippen molar-refractivity contribution < 1.29 is 8.83 Å². The Morgan fingerprint density at radius 3 is 2.11 bits per heavy atom.